The van der Waals surface area contributed by atoms with E-state index in [1.165, 1.54) is 0 Å². The lowest BCUT2D eigenvalue weighted by Gasteiger charge is -1.98. The highest BCUT2D eigenvalue weighted by atomic mass is 16.2. The number of nitrogens with zero attached hydrogens (tertiary/aromatic N) is 4. The summed E-state index contributed by atoms with van der Waals surface area (Å²) in [4.78, 5) is 19.5. The van der Waals surface area contributed by atoms with E-state index >= 15 is 0 Å². The molecule has 0 saturated heterocycles. The van der Waals surface area contributed by atoms with E-state index in [2.05, 4.69) is 20.4 Å². The van der Waals surface area contributed by atoms with E-state index in [-0.39, 0.29) is 11.9 Å². The van der Waals surface area contributed by atoms with E-state index < -0.39 is 0 Å². The van der Waals surface area contributed by atoms with Crippen LogP contribution in [0.4, 0.5) is 5.95 Å². The molecule has 0 aliphatic rings. The van der Waals surface area contributed by atoms with Gasteiger partial charge in [-0.2, -0.15) is 0 Å². The smallest absolute Gasteiger partial charge is 0.276 e. The minimum absolute atomic E-state index is 0.289. The zero-order valence-corrected chi connectivity index (χ0v) is 8.79. The van der Waals surface area contributed by atoms with Crippen LogP contribution in [0.15, 0.2) is 30.7 Å². The molecule has 0 spiro atoms. The molecule has 0 unspecified atom stereocenters. The topological polar surface area (TPSA) is 72.7 Å². The number of carbonyl (C=O) groups is 1. The van der Waals surface area contributed by atoms with Gasteiger partial charge in [-0.1, -0.05) is 6.07 Å². The van der Waals surface area contributed by atoms with Crippen molar-refractivity contribution in [3.8, 4) is 0 Å². The first-order valence-electron chi connectivity index (χ1n) is 4.91. The molecule has 2 aromatic rings. The fourth-order valence-corrected chi connectivity index (χ4v) is 1.17. The van der Waals surface area contributed by atoms with Gasteiger partial charge in [-0.15, -0.1) is 5.10 Å². The van der Waals surface area contributed by atoms with Gasteiger partial charge in [-0.05, 0) is 19.1 Å². The summed E-state index contributed by atoms with van der Waals surface area (Å²) < 4.78 is 1.63. The second-order valence-corrected chi connectivity index (χ2v) is 3.09. The number of carbonyl (C=O) groups excluding carboxylic acids is 1. The molecular formula is C10H11N5O. The number of hydrogen-bond donors (Lipinski definition) is 1. The number of nitrogens with one attached hydrogen (secondary N) is 1. The van der Waals surface area contributed by atoms with E-state index in [4.69, 9.17) is 0 Å². The molecular weight excluding hydrogens is 206 g/mol. The third-order valence-corrected chi connectivity index (χ3v) is 1.98. The van der Waals surface area contributed by atoms with Gasteiger partial charge in [-0.25, -0.2) is 4.98 Å². The molecule has 0 aliphatic carbocycles. The summed E-state index contributed by atoms with van der Waals surface area (Å²) in [5.41, 5.74) is 0.343. The molecule has 0 radical (unpaired) electrons. The molecule has 16 heavy (non-hydrogen) atoms. The fraction of sp³-hybridized carbons (Fsp3) is 0.200. The maximum atomic E-state index is 11.6. The molecule has 2 heterocycles. The van der Waals surface area contributed by atoms with Crippen LogP contribution in [0.25, 0.3) is 0 Å². The first-order chi connectivity index (χ1) is 7.79. The third kappa shape index (κ3) is 2.22. The third-order valence-electron chi connectivity index (χ3n) is 1.98. The molecule has 0 aromatic carbocycles. The number of anilines is 1. The average molecular weight is 217 g/mol. The van der Waals surface area contributed by atoms with Crippen LogP contribution in [0, 0.1) is 0 Å². The van der Waals surface area contributed by atoms with Crippen LogP contribution in [0.5, 0.6) is 0 Å². The lowest BCUT2D eigenvalue weighted by Crippen LogP contribution is -2.14. The fourth-order valence-electron chi connectivity index (χ4n) is 1.17. The molecule has 0 saturated carbocycles. The first-order valence-corrected chi connectivity index (χ1v) is 4.91. The summed E-state index contributed by atoms with van der Waals surface area (Å²) in [5.74, 6) is -0.0213. The highest BCUT2D eigenvalue weighted by Crippen LogP contribution is 2.00. The predicted molar refractivity (Wildman–Crippen MR) is 57.9 cm³/mol. The summed E-state index contributed by atoms with van der Waals surface area (Å²) in [5, 5.41) is 6.61. The number of hydrogen-bond acceptors (Lipinski definition) is 4. The Hall–Kier alpha value is -2.24. The second kappa shape index (κ2) is 4.52. The van der Waals surface area contributed by atoms with Gasteiger partial charge in [0, 0.05) is 12.7 Å². The number of rotatable bonds is 3. The minimum atomic E-state index is -0.311. The summed E-state index contributed by atoms with van der Waals surface area (Å²) in [6.07, 6.45) is 3.13. The van der Waals surface area contributed by atoms with E-state index in [1.54, 1.807) is 35.4 Å². The van der Waals surface area contributed by atoms with Crippen molar-refractivity contribution < 1.29 is 4.79 Å². The molecule has 2 rings (SSSR count). The summed E-state index contributed by atoms with van der Waals surface area (Å²) in [6, 6.07) is 5.13. The molecule has 0 fully saturated rings. The molecule has 1 amide bonds. The summed E-state index contributed by atoms with van der Waals surface area (Å²) in [7, 11) is 0. The Morgan fingerprint density at radius 1 is 1.44 bits per heavy atom. The van der Waals surface area contributed by atoms with Crippen molar-refractivity contribution in [3.63, 3.8) is 0 Å². The maximum Gasteiger partial charge on any atom is 0.276 e. The van der Waals surface area contributed by atoms with Gasteiger partial charge >= 0.3 is 0 Å². The molecule has 6 heteroatoms. The van der Waals surface area contributed by atoms with Crippen molar-refractivity contribution in [2.75, 3.05) is 5.32 Å². The molecule has 2 aromatic heterocycles. The van der Waals surface area contributed by atoms with Crippen molar-refractivity contribution in [1.82, 2.24) is 19.7 Å². The minimum Gasteiger partial charge on any atom is -0.288 e. The summed E-state index contributed by atoms with van der Waals surface area (Å²) in [6.45, 7) is 2.66. The molecule has 1 N–H and O–H groups in total. The Kier molecular flexibility index (Phi) is 2.90. The maximum absolute atomic E-state index is 11.6. The normalized spacial score (nSPS) is 10.1. The molecule has 6 nitrogen and oxygen atoms in total. The van der Waals surface area contributed by atoms with Crippen molar-refractivity contribution in [2.24, 2.45) is 0 Å². The van der Waals surface area contributed by atoms with E-state index in [0.29, 0.717) is 12.2 Å². The van der Waals surface area contributed by atoms with Gasteiger partial charge in [0.25, 0.3) is 5.91 Å². The number of pyridine rings is 1. The number of aromatic nitrogens is 4. The molecule has 0 atom stereocenters. The second-order valence-electron chi connectivity index (χ2n) is 3.09. The Labute approximate surface area is 92.3 Å². The van der Waals surface area contributed by atoms with Crippen LogP contribution in [0.1, 0.15) is 17.4 Å². The van der Waals surface area contributed by atoms with Crippen LogP contribution in [0.2, 0.25) is 0 Å². The van der Waals surface area contributed by atoms with Gasteiger partial charge in [-0.3, -0.25) is 19.8 Å². The zero-order chi connectivity index (χ0) is 11.4. The lowest BCUT2D eigenvalue weighted by atomic mass is 10.3. The highest BCUT2D eigenvalue weighted by Gasteiger charge is 2.08. The summed E-state index contributed by atoms with van der Waals surface area (Å²) >= 11 is 0. The number of amides is 1. The van der Waals surface area contributed by atoms with Crippen molar-refractivity contribution in [2.45, 2.75) is 13.5 Å². The van der Waals surface area contributed by atoms with Crippen LogP contribution in [-0.2, 0) is 6.54 Å². The zero-order valence-electron chi connectivity index (χ0n) is 8.79. The largest absolute Gasteiger partial charge is 0.288 e. The van der Waals surface area contributed by atoms with E-state index in [1.807, 2.05) is 6.92 Å². The average Bonchev–Trinajstić information content (AvgIpc) is 2.78. The molecule has 82 valence electrons. The quantitative estimate of drug-likeness (QED) is 0.830. The van der Waals surface area contributed by atoms with Gasteiger partial charge < -0.3 is 0 Å². The van der Waals surface area contributed by atoms with Gasteiger partial charge in [0.2, 0.25) is 5.95 Å². The predicted octanol–water partition coefficient (Wildman–Crippen LogP) is 0.945. The highest BCUT2D eigenvalue weighted by molar-refractivity contribution is 6.01. The van der Waals surface area contributed by atoms with Crippen LogP contribution in [-0.4, -0.2) is 25.7 Å². The van der Waals surface area contributed by atoms with E-state index in [0.717, 1.165) is 0 Å². The monoisotopic (exact) mass is 217 g/mol. The first kappa shape index (κ1) is 10.3. The van der Waals surface area contributed by atoms with Gasteiger partial charge in [0.05, 0.1) is 0 Å². The van der Waals surface area contributed by atoms with Gasteiger partial charge in [0.1, 0.15) is 12.0 Å². The Balaban J connectivity index is 2.08. The Morgan fingerprint density at radius 3 is 2.94 bits per heavy atom. The Morgan fingerprint density at radius 2 is 2.31 bits per heavy atom. The number of aryl methyl sites for hydroxylation is 1. The van der Waals surface area contributed by atoms with Crippen LogP contribution in [0.3, 0.4) is 0 Å². The lowest BCUT2D eigenvalue weighted by molar-refractivity contribution is 0.102. The van der Waals surface area contributed by atoms with Crippen molar-refractivity contribution in [3.05, 3.63) is 36.4 Å². The van der Waals surface area contributed by atoms with E-state index in [9.17, 15) is 4.79 Å². The SMILES string of the molecule is CCn1cnc(NC(=O)c2ccccn2)n1. The molecule has 0 bridgehead atoms. The van der Waals surface area contributed by atoms with Gasteiger partial charge in [0.15, 0.2) is 0 Å². The standard InChI is InChI=1S/C10H11N5O/c1-2-15-7-12-10(14-15)13-9(16)8-5-3-4-6-11-8/h3-7H,2H2,1H3,(H,13,14,16). The Bertz CT molecular complexity index is 479. The van der Waals surface area contributed by atoms with Crippen LogP contribution >= 0.6 is 0 Å². The molecule has 0 aliphatic heterocycles. The van der Waals surface area contributed by atoms with Crippen LogP contribution < -0.4 is 5.32 Å². The van der Waals surface area contributed by atoms with Crippen molar-refractivity contribution >= 4 is 11.9 Å². The van der Waals surface area contributed by atoms with Crippen molar-refractivity contribution in [1.29, 1.82) is 0 Å².